The Labute approximate surface area is 159 Å². The molecule has 8 heteroatoms. The molecule has 1 atom stereocenters. The van der Waals surface area contributed by atoms with Crippen LogP contribution in [0.2, 0.25) is 15.1 Å². The fourth-order valence-electron chi connectivity index (χ4n) is 1.79. The van der Waals surface area contributed by atoms with Gasteiger partial charge in [-0.1, -0.05) is 40.9 Å². The molecule has 0 aliphatic carbocycles. The highest BCUT2D eigenvalue weighted by Crippen LogP contribution is 2.31. The highest BCUT2D eigenvalue weighted by molar-refractivity contribution is 6.35. The van der Waals surface area contributed by atoms with Gasteiger partial charge in [0.15, 0.2) is 0 Å². The third-order valence-corrected chi connectivity index (χ3v) is 3.71. The van der Waals surface area contributed by atoms with Crippen molar-refractivity contribution in [3.63, 3.8) is 0 Å². The summed E-state index contributed by atoms with van der Waals surface area (Å²) in [5, 5.41) is 0.950. The van der Waals surface area contributed by atoms with E-state index in [1.54, 1.807) is 24.3 Å². The predicted molar refractivity (Wildman–Crippen MR) is 94.5 cm³/mol. The van der Waals surface area contributed by atoms with Crippen LogP contribution in [0.15, 0.2) is 42.5 Å². The quantitative estimate of drug-likeness (QED) is 0.459. The first-order valence-corrected chi connectivity index (χ1v) is 8.30. The molecule has 0 aliphatic heterocycles. The Morgan fingerprint density at radius 3 is 2.48 bits per heavy atom. The number of halogens is 4. The summed E-state index contributed by atoms with van der Waals surface area (Å²) in [4.78, 5) is 11.8. The Bertz CT molecular complexity index is 752. The molecular formula is C17H14Cl3FO4. The number of hydrogen-bond acceptors (Lipinski definition) is 4. The Morgan fingerprint density at radius 2 is 1.80 bits per heavy atom. The molecule has 0 amide bonds. The maximum atomic E-state index is 14.4. The van der Waals surface area contributed by atoms with Crippen LogP contribution in [0.25, 0.3) is 0 Å². The Hall–Kier alpha value is -1.69. The molecular weight excluding hydrogens is 394 g/mol. The molecule has 2 aromatic rings. The molecule has 1 unspecified atom stereocenters. The second-order valence-corrected chi connectivity index (χ2v) is 6.32. The lowest BCUT2D eigenvalue weighted by atomic mass is 10.3. The zero-order valence-electron chi connectivity index (χ0n) is 13.1. The van der Waals surface area contributed by atoms with E-state index < -0.39 is 11.8 Å². The lowest BCUT2D eigenvalue weighted by Crippen LogP contribution is -2.39. The van der Waals surface area contributed by atoms with Crippen molar-refractivity contribution in [3.8, 4) is 11.5 Å². The minimum atomic E-state index is -2.71. The van der Waals surface area contributed by atoms with Gasteiger partial charge in [-0.2, -0.15) is 4.39 Å². The Kier molecular flexibility index (Phi) is 6.76. The molecule has 2 rings (SSSR count). The van der Waals surface area contributed by atoms with Crippen LogP contribution in [0, 0.1) is 0 Å². The first-order chi connectivity index (χ1) is 11.8. The summed E-state index contributed by atoms with van der Waals surface area (Å²) in [6.45, 7) is 0.796. The second-order valence-electron chi connectivity index (χ2n) is 5.04. The number of alkyl halides is 1. The van der Waals surface area contributed by atoms with Gasteiger partial charge < -0.3 is 14.2 Å². The highest BCUT2D eigenvalue weighted by atomic mass is 35.5. The van der Waals surface area contributed by atoms with Crippen LogP contribution in [0.3, 0.4) is 0 Å². The molecule has 0 saturated carbocycles. The Morgan fingerprint density at radius 1 is 1.08 bits per heavy atom. The van der Waals surface area contributed by atoms with E-state index in [0.29, 0.717) is 15.8 Å². The van der Waals surface area contributed by atoms with Gasteiger partial charge >= 0.3 is 11.8 Å². The van der Waals surface area contributed by atoms with E-state index in [0.717, 1.165) is 6.92 Å². The Balaban J connectivity index is 1.84. The first kappa shape index (κ1) is 19.6. The zero-order valence-corrected chi connectivity index (χ0v) is 15.4. The van der Waals surface area contributed by atoms with Gasteiger partial charge in [-0.25, -0.2) is 4.79 Å². The molecule has 0 heterocycles. The van der Waals surface area contributed by atoms with E-state index in [1.807, 2.05) is 0 Å². The molecule has 0 spiro atoms. The highest BCUT2D eigenvalue weighted by Gasteiger charge is 2.38. The van der Waals surface area contributed by atoms with Crippen LogP contribution in [-0.4, -0.2) is 25.0 Å². The summed E-state index contributed by atoms with van der Waals surface area (Å²) in [5.41, 5.74) is 0. The SMILES string of the molecule is CC(F)(Oc1ccc(Cl)cc1Cl)C(=O)OCCOc1cccc(Cl)c1. The van der Waals surface area contributed by atoms with Gasteiger partial charge in [-0.05, 0) is 36.4 Å². The molecule has 0 radical (unpaired) electrons. The van der Waals surface area contributed by atoms with E-state index >= 15 is 0 Å². The molecule has 0 N–H and O–H groups in total. The topological polar surface area (TPSA) is 44.8 Å². The van der Waals surface area contributed by atoms with Gasteiger partial charge in [-0.3, -0.25) is 0 Å². The molecule has 0 bridgehead atoms. The van der Waals surface area contributed by atoms with Crippen LogP contribution < -0.4 is 9.47 Å². The zero-order chi connectivity index (χ0) is 18.4. The number of esters is 1. The van der Waals surface area contributed by atoms with Crippen molar-refractivity contribution >= 4 is 40.8 Å². The van der Waals surface area contributed by atoms with Crippen molar-refractivity contribution in [2.75, 3.05) is 13.2 Å². The minimum Gasteiger partial charge on any atom is -0.490 e. The number of rotatable bonds is 7. The van der Waals surface area contributed by atoms with Crippen LogP contribution in [0.5, 0.6) is 11.5 Å². The van der Waals surface area contributed by atoms with Crippen molar-refractivity contribution in [2.45, 2.75) is 12.8 Å². The third kappa shape index (κ3) is 5.96. The van der Waals surface area contributed by atoms with Crippen molar-refractivity contribution in [3.05, 3.63) is 57.5 Å². The predicted octanol–water partition coefficient (Wildman–Crippen LogP) is 5.33. The average Bonchev–Trinajstić information content (AvgIpc) is 2.54. The monoisotopic (exact) mass is 406 g/mol. The van der Waals surface area contributed by atoms with Crippen LogP contribution in [-0.2, 0) is 9.53 Å². The molecule has 25 heavy (non-hydrogen) atoms. The lowest BCUT2D eigenvalue weighted by molar-refractivity contribution is -0.177. The number of ether oxygens (including phenoxy) is 3. The van der Waals surface area contributed by atoms with Gasteiger partial charge in [0.1, 0.15) is 24.7 Å². The molecule has 0 saturated heterocycles. The maximum absolute atomic E-state index is 14.4. The van der Waals surface area contributed by atoms with Gasteiger partial charge in [0.2, 0.25) is 0 Å². The third-order valence-electron chi connectivity index (χ3n) is 2.94. The lowest BCUT2D eigenvalue weighted by Gasteiger charge is -2.21. The van der Waals surface area contributed by atoms with Crippen LogP contribution >= 0.6 is 34.8 Å². The summed E-state index contributed by atoms with van der Waals surface area (Å²) < 4.78 is 29.6. The fraction of sp³-hybridized carbons (Fsp3) is 0.235. The largest absolute Gasteiger partial charge is 0.490 e. The molecule has 0 aliphatic rings. The van der Waals surface area contributed by atoms with E-state index in [-0.39, 0.29) is 24.0 Å². The van der Waals surface area contributed by atoms with Gasteiger partial charge in [-0.15, -0.1) is 0 Å². The molecule has 0 aromatic heterocycles. The summed E-state index contributed by atoms with van der Waals surface area (Å²) in [6.07, 6.45) is 0. The van der Waals surface area contributed by atoms with Gasteiger partial charge in [0.25, 0.3) is 0 Å². The molecule has 4 nitrogen and oxygen atoms in total. The summed E-state index contributed by atoms with van der Waals surface area (Å²) in [7, 11) is 0. The maximum Gasteiger partial charge on any atom is 0.384 e. The summed E-state index contributed by atoms with van der Waals surface area (Å²) in [5.74, 6) is -3.43. The van der Waals surface area contributed by atoms with E-state index in [1.165, 1.54) is 18.2 Å². The summed E-state index contributed by atoms with van der Waals surface area (Å²) in [6, 6.07) is 10.9. The van der Waals surface area contributed by atoms with Crippen molar-refractivity contribution < 1.29 is 23.4 Å². The summed E-state index contributed by atoms with van der Waals surface area (Å²) >= 11 is 17.5. The number of benzene rings is 2. The van der Waals surface area contributed by atoms with Gasteiger partial charge in [0, 0.05) is 17.0 Å². The molecule has 2 aromatic carbocycles. The average molecular weight is 408 g/mol. The van der Waals surface area contributed by atoms with Crippen molar-refractivity contribution in [1.82, 2.24) is 0 Å². The fourth-order valence-corrected chi connectivity index (χ4v) is 2.41. The van der Waals surface area contributed by atoms with E-state index in [2.05, 4.69) is 0 Å². The normalized spacial score (nSPS) is 13.0. The smallest absolute Gasteiger partial charge is 0.384 e. The second kappa shape index (κ2) is 8.61. The van der Waals surface area contributed by atoms with E-state index in [9.17, 15) is 9.18 Å². The molecule has 0 fully saturated rings. The standard InChI is InChI=1S/C17H14Cl3FO4/c1-17(21,25-15-6-5-12(19)10-14(15)20)16(22)24-8-7-23-13-4-2-3-11(18)9-13/h2-6,9-10H,7-8H2,1H3. The number of hydrogen-bond donors (Lipinski definition) is 0. The van der Waals surface area contributed by atoms with Crippen molar-refractivity contribution in [2.24, 2.45) is 0 Å². The van der Waals surface area contributed by atoms with Crippen molar-refractivity contribution in [1.29, 1.82) is 0 Å². The van der Waals surface area contributed by atoms with E-state index in [4.69, 9.17) is 49.0 Å². The van der Waals surface area contributed by atoms with Crippen LogP contribution in [0.4, 0.5) is 4.39 Å². The first-order valence-electron chi connectivity index (χ1n) is 7.16. The number of carbonyl (C=O) groups excluding carboxylic acids is 1. The van der Waals surface area contributed by atoms with Crippen LogP contribution in [0.1, 0.15) is 6.92 Å². The molecule has 134 valence electrons. The number of carbonyl (C=O) groups is 1. The van der Waals surface area contributed by atoms with Gasteiger partial charge in [0.05, 0.1) is 5.02 Å². The minimum absolute atomic E-state index is 0.0248.